The molecule has 1 fully saturated rings. The fourth-order valence-corrected chi connectivity index (χ4v) is 1.70. The normalized spacial score (nSPS) is 34.8. The molecule has 0 spiro atoms. The number of nitrogens with two attached hydrogens (primary N) is 1. The van der Waals surface area contributed by atoms with Gasteiger partial charge in [0.1, 0.15) is 4.87 Å². The highest BCUT2D eigenvalue weighted by Gasteiger charge is 2.33. The lowest BCUT2D eigenvalue weighted by Gasteiger charge is -2.16. The standard InChI is InChI=1S/C5H9N2OS/c6-3-5(4-8)7-1-2-9-5/h7H,1-3,6H2. The van der Waals surface area contributed by atoms with Crippen LogP contribution in [0.2, 0.25) is 0 Å². The second kappa shape index (κ2) is 2.68. The summed E-state index contributed by atoms with van der Waals surface area (Å²) in [6.45, 7) is 1.19. The third kappa shape index (κ3) is 1.26. The summed E-state index contributed by atoms with van der Waals surface area (Å²) >= 11 is 1.53. The molecule has 1 atom stereocenters. The Bertz CT molecular complexity index is 112. The van der Waals surface area contributed by atoms with Crippen molar-refractivity contribution in [3.8, 4) is 0 Å². The molecule has 4 heteroatoms. The van der Waals surface area contributed by atoms with E-state index in [0.717, 1.165) is 12.3 Å². The quantitative estimate of drug-likeness (QED) is 0.528. The molecule has 3 nitrogen and oxygen atoms in total. The van der Waals surface area contributed by atoms with E-state index in [0.29, 0.717) is 6.54 Å². The van der Waals surface area contributed by atoms with Crippen LogP contribution in [0.1, 0.15) is 0 Å². The zero-order chi connectivity index (χ0) is 6.74. The molecule has 0 saturated carbocycles. The number of hydrogen-bond donors (Lipinski definition) is 2. The first-order valence-corrected chi connectivity index (χ1v) is 3.80. The van der Waals surface area contributed by atoms with Crippen LogP contribution in [0.15, 0.2) is 0 Å². The van der Waals surface area contributed by atoms with Crippen molar-refractivity contribution in [3.05, 3.63) is 0 Å². The first-order chi connectivity index (χ1) is 4.33. The van der Waals surface area contributed by atoms with E-state index in [9.17, 15) is 4.79 Å². The summed E-state index contributed by atoms with van der Waals surface area (Å²) in [7, 11) is 0. The Morgan fingerprint density at radius 2 is 2.67 bits per heavy atom. The van der Waals surface area contributed by atoms with Crippen molar-refractivity contribution in [2.75, 3.05) is 18.8 Å². The molecule has 1 rings (SSSR count). The highest BCUT2D eigenvalue weighted by Crippen LogP contribution is 2.23. The van der Waals surface area contributed by atoms with Gasteiger partial charge in [-0.25, -0.2) is 0 Å². The van der Waals surface area contributed by atoms with Crippen molar-refractivity contribution in [2.45, 2.75) is 4.87 Å². The molecule has 0 aromatic heterocycles. The van der Waals surface area contributed by atoms with E-state index in [2.05, 4.69) is 5.32 Å². The van der Waals surface area contributed by atoms with Crippen LogP contribution >= 0.6 is 11.8 Å². The molecule has 3 N–H and O–H groups in total. The summed E-state index contributed by atoms with van der Waals surface area (Å²) in [6, 6.07) is 0. The molecule has 0 bridgehead atoms. The first kappa shape index (κ1) is 7.05. The van der Waals surface area contributed by atoms with Gasteiger partial charge in [0.25, 0.3) is 0 Å². The number of rotatable bonds is 2. The molecule has 1 heterocycles. The summed E-state index contributed by atoms with van der Waals surface area (Å²) < 4.78 is 0. The molecule has 51 valence electrons. The Labute approximate surface area is 58.4 Å². The second-order valence-electron chi connectivity index (χ2n) is 1.91. The van der Waals surface area contributed by atoms with Gasteiger partial charge in [-0.15, -0.1) is 11.8 Å². The smallest absolute Gasteiger partial charge is 0.232 e. The van der Waals surface area contributed by atoms with E-state index in [1.54, 1.807) is 0 Å². The Morgan fingerprint density at radius 1 is 1.89 bits per heavy atom. The van der Waals surface area contributed by atoms with Gasteiger partial charge < -0.3 is 5.73 Å². The molecule has 0 aromatic carbocycles. The molecular weight excluding hydrogens is 136 g/mol. The van der Waals surface area contributed by atoms with E-state index in [4.69, 9.17) is 5.73 Å². The van der Waals surface area contributed by atoms with Crippen LogP contribution in [0.3, 0.4) is 0 Å². The lowest BCUT2D eigenvalue weighted by atomic mass is 10.3. The molecule has 0 aromatic rings. The summed E-state index contributed by atoms with van der Waals surface area (Å²) in [4.78, 5) is 9.69. The van der Waals surface area contributed by atoms with Gasteiger partial charge in [0, 0.05) is 18.8 Å². The van der Waals surface area contributed by atoms with Crippen molar-refractivity contribution in [3.63, 3.8) is 0 Å². The third-order valence-corrected chi connectivity index (χ3v) is 2.61. The van der Waals surface area contributed by atoms with E-state index in [1.165, 1.54) is 11.8 Å². The predicted octanol–water partition coefficient (Wildman–Crippen LogP) is -0.913. The molecular formula is C5H9N2OS. The molecule has 1 radical (unpaired) electrons. The molecule has 9 heavy (non-hydrogen) atoms. The minimum Gasteiger partial charge on any atom is -0.328 e. The molecule has 1 aliphatic heterocycles. The predicted molar refractivity (Wildman–Crippen MR) is 37.9 cm³/mol. The van der Waals surface area contributed by atoms with Gasteiger partial charge in [-0.05, 0) is 0 Å². The van der Waals surface area contributed by atoms with Crippen molar-refractivity contribution in [2.24, 2.45) is 5.73 Å². The number of hydrogen-bond acceptors (Lipinski definition) is 4. The topological polar surface area (TPSA) is 55.1 Å². The van der Waals surface area contributed by atoms with Gasteiger partial charge in [0.2, 0.25) is 6.29 Å². The minimum absolute atomic E-state index is 0.334. The van der Waals surface area contributed by atoms with Crippen LogP contribution in [0.4, 0.5) is 0 Å². The van der Waals surface area contributed by atoms with Gasteiger partial charge in [-0.3, -0.25) is 10.1 Å². The maximum absolute atomic E-state index is 10.3. The van der Waals surface area contributed by atoms with E-state index in [-0.39, 0.29) is 0 Å². The van der Waals surface area contributed by atoms with Crippen molar-refractivity contribution in [1.82, 2.24) is 5.32 Å². The molecule has 1 unspecified atom stereocenters. The Kier molecular flexibility index (Phi) is 2.10. The second-order valence-corrected chi connectivity index (χ2v) is 3.30. The maximum atomic E-state index is 10.3. The summed E-state index contributed by atoms with van der Waals surface area (Å²) in [6.07, 6.45) is 1.90. The first-order valence-electron chi connectivity index (χ1n) is 2.81. The molecule has 1 saturated heterocycles. The van der Waals surface area contributed by atoms with Crippen LogP contribution < -0.4 is 11.1 Å². The van der Waals surface area contributed by atoms with Gasteiger partial charge in [-0.1, -0.05) is 0 Å². The summed E-state index contributed by atoms with van der Waals surface area (Å²) in [5.74, 6) is 0.951. The SMILES string of the molecule is NCC1([C]=O)NCCS1. The van der Waals surface area contributed by atoms with E-state index >= 15 is 0 Å². The molecule has 0 aliphatic carbocycles. The molecule has 1 aliphatic rings. The Morgan fingerprint density at radius 3 is 2.89 bits per heavy atom. The Balaban J connectivity index is 2.55. The lowest BCUT2D eigenvalue weighted by Crippen LogP contribution is -2.45. The Hall–Kier alpha value is -0.0600. The van der Waals surface area contributed by atoms with Crippen LogP contribution in [0.5, 0.6) is 0 Å². The summed E-state index contributed by atoms with van der Waals surface area (Å²) in [5, 5.41) is 2.98. The summed E-state index contributed by atoms with van der Waals surface area (Å²) in [5.41, 5.74) is 5.33. The fraction of sp³-hybridized carbons (Fsp3) is 0.800. The maximum Gasteiger partial charge on any atom is 0.232 e. The van der Waals surface area contributed by atoms with Crippen LogP contribution in [-0.4, -0.2) is 30.0 Å². The van der Waals surface area contributed by atoms with Crippen LogP contribution in [-0.2, 0) is 4.79 Å². The molecule has 0 amide bonds. The van der Waals surface area contributed by atoms with Crippen molar-refractivity contribution < 1.29 is 4.79 Å². The van der Waals surface area contributed by atoms with E-state index < -0.39 is 4.87 Å². The number of nitrogens with one attached hydrogen (secondary N) is 1. The van der Waals surface area contributed by atoms with Crippen LogP contribution in [0, 0.1) is 0 Å². The highest BCUT2D eigenvalue weighted by molar-refractivity contribution is 8.01. The van der Waals surface area contributed by atoms with Gasteiger partial charge in [0.05, 0.1) is 0 Å². The van der Waals surface area contributed by atoms with E-state index in [1.807, 2.05) is 6.29 Å². The van der Waals surface area contributed by atoms with Crippen molar-refractivity contribution >= 4 is 18.0 Å². The average Bonchev–Trinajstić information content (AvgIpc) is 2.36. The largest absolute Gasteiger partial charge is 0.328 e. The van der Waals surface area contributed by atoms with Gasteiger partial charge >= 0.3 is 0 Å². The fourth-order valence-electron chi connectivity index (χ4n) is 0.768. The van der Waals surface area contributed by atoms with Gasteiger partial charge in [-0.2, -0.15) is 0 Å². The highest BCUT2D eigenvalue weighted by atomic mass is 32.2. The number of thioether (sulfide) groups is 1. The minimum atomic E-state index is -0.583. The lowest BCUT2D eigenvalue weighted by molar-refractivity contribution is 0.513. The van der Waals surface area contributed by atoms with Gasteiger partial charge in [0.15, 0.2) is 0 Å². The van der Waals surface area contributed by atoms with Crippen molar-refractivity contribution in [1.29, 1.82) is 0 Å². The average molecular weight is 145 g/mol. The number of carbonyl (C=O) groups excluding carboxylic acids is 1. The zero-order valence-electron chi connectivity index (χ0n) is 5.02. The van der Waals surface area contributed by atoms with Crippen LogP contribution in [0.25, 0.3) is 0 Å². The zero-order valence-corrected chi connectivity index (χ0v) is 5.83. The monoisotopic (exact) mass is 145 g/mol. The third-order valence-electron chi connectivity index (χ3n) is 1.31.